The molecule has 0 aliphatic carbocycles. The van der Waals surface area contributed by atoms with Crippen LogP contribution >= 0.6 is 32.9 Å². The molecule has 2 rings (SSSR count). The van der Waals surface area contributed by atoms with Crippen molar-refractivity contribution in [2.24, 2.45) is 5.50 Å². The van der Waals surface area contributed by atoms with Crippen molar-refractivity contribution >= 4 is 32.9 Å². The minimum atomic E-state index is -0.433. The molecule has 2 aromatic rings. The minimum absolute atomic E-state index is 0. The average Bonchev–Trinajstić information content (AvgIpc) is 2.31. The predicted octanol–water partition coefficient (Wildman–Crippen LogP) is 4.59. The molecule has 0 heterocycles. The van der Waals surface area contributed by atoms with Crippen LogP contribution in [0.3, 0.4) is 0 Å². The van der Waals surface area contributed by atoms with E-state index in [1.54, 1.807) is 0 Å². The monoisotopic (exact) mass is 301 g/mol. The van der Waals surface area contributed by atoms with Gasteiger partial charge in [-0.2, -0.15) is 0 Å². The Morgan fingerprint density at radius 2 is 1.00 bits per heavy atom. The van der Waals surface area contributed by atoms with E-state index in [4.69, 9.17) is 5.50 Å². The van der Waals surface area contributed by atoms with Crippen LogP contribution in [0.15, 0.2) is 60.7 Å². The van der Waals surface area contributed by atoms with Crippen LogP contribution in [0.5, 0.6) is 0 Å². The van der Waals surface area contributed by atoms with Gasteiger partial charge in [0.25, 0.3) is 0 Å². The largest absolute Gasteiger partial charge is 0.309 e. The van der Waals surface area contributed by atoms with E-state index in [1.165, 1.54) is 11.1 Å². The highest BCUT2D eigenvalue weighted by Gasteiger charge is 2.04. The molecule has 0 saturated carbocycles. The van der Waals surface area contributed by atoms with Crippen molar-refractivity contribution in [1.29, 1.82) is 0 Å². The number of hydrogen-bond donors (Lipinski definition) is 1. The van der Waals surface area contributed by atoms with E-state index < -0.39 is 8.07 Å². The number of halogens is 2. The van der Waals surface area contributed by atoms with Crippen LogP contribution in [0, 0.1) is 0 Å². The molecule has 0 aliphatic rings. The first-order chi connectivity index (χ1) is 7.84. The Hall–Kier alpha value is -0.590. The van der Waals surface area contributed by atoms with Gasteiger partial charge in [-0.05, 0) is 19.2 Å². The van der Waals surface area contributed by atoms with E-state index in [0.717, 1.165) is 12.3 Å². The molecule has 0 spiro atoms. The van der Waals surface area contributed by atoms with Crippen LogP contribution in [0.2, 0.25) is 0 Å². The van der Waals surface area contributed by atoms with E-state index >= 15 is 0 Å². The number of nitrogens with two attached hydrogens (primary N) is 1. The summed E-state index contributed by atoms with van der Waals surface area (Å²) >= 11 is 0. The van der Waals surface area contributed by atoms with Gasteiger partial charge in [0.2, 0.25) is 0 Å². The molecule has 0 aromatic heterocycles. The number of rotatable bonds is 4. The summed E-state index contributed by atoms with van der Waals surface area (Å²) in [5.41, 5.74) is 8.88. The fourth-order valence-electron chi connectivity index (χ4n) is 1.69. The second-order valence-electron chi connectivity index (χ2n) is 3.88. The molecule has 0 radical (unpaired) electrons. The molecule has 1 nitrogen and oxygen atoms in total. The van der Waals surface area contributed by atoms with Gasteiger partial charge in [-0.15, -0.1) is 24.8 Å². The third kappa shape index (κ3) is 5.84. The third-order valence-corrected chi connectivity index (χ3v) is 4.00. The molecular weight excluding hydrogens is 284 g/mol. The van der Waals surface area contributed by atoms with Crippen LogP contribution in [0.4, 0.5) is 0 Å². The standard InChI is InChI=1S/C14H16NP.2ClH/c15-16(11-13-7-3-1-4-8-13)12-14-9-5-2-6-10-14;;/h1-10H,11-12,15H2;2*1H. The summed E-state index contributed by atoms with van der Waals surface area (Å²) in [5, 5.41) is 0. The summed E-state index contributed by atoms with van der Waals surface area (Å²) in [7, 11) is -0.433. The molecule has 0 saturated heterocycles. The van der Waals surface area contributed by atoms with Crippen LogP contribution < -0.4 is 5.50 Å². The Morgan fingerprint density at radius 3 is 1.33 bits per heavy atom. The van der Waals surface area contributed by atoms with Gasteiger partial charge in [-0.25, -0.2) is 0 Å². The number of hydrogen-bond acceptors (Lipinski definition) is 1. The molecule has 0 aliphatic heterocycles. The Labute approximate surface area is 122 Å². The van der Waals surface area contributed by atoms with Crippen molar-refractivity contribution in [1.82, 2.24) is 0 Å². The Bertz CT molecular complexity index is 381. The molecule has 98 valence electrons. The van der Waals surface area contributed by atoms with Crippen LogP contribution in [0.1, 0.15) is 11.1 Å². The van der Waals surface area contributed by atoms with Gasteiger partial charge in [0.05, 0.1) is 0 Å². The van der Waals surface area contributed by atoms with Crippen LogP contribution in [-0.2, 0) is 12.3 Å². The highest BCUT2D eigenvalue weighted by molar-refractivity contribution is 7.53. The highest BCUT2D eigenvalue weighted by Crippen LogP contribution is 2.34. The topological polar surface area (TPSA) is 26.0 Å². The summed E-state index contributed by atoms with van der Waals surface area (Å²) < 4.78 is 0. The molecule has 0 unspecified atom stereocenters. The van der Waals surface area contributed by atoms with Crippen molar-refractivity contribution in [3.63, 3.8) is 0 Å². The van der Waals surface area contributed by atoms with Gasteiger partial charge in [-0.3, -0.25) is 0 Å². The van der Waals surface area contributed by atoms with Gasteiger partial charge in [0.15, 0.2) is 0 Å². The van der Waals surface area contributed by atoms with Gasteiger partial charge < -0.3 is 5.50 Å². The summed E-state index contributed by atoms with van der Waals surface area (Å²) in [4.78, 5) is 0. The molecular formula is C14H18Cl2NP. The van der Waals surface area contributed by atoms with Crippen LogP contribution in [0.25, 0.3) is 0 Å². The van der Waals surface area contributed by atoms with Gasteiger partial charge in [0.1, 0.15) is 0 Å². The zero-order valence-corrected chi connectivity index (χ0v) is 12.6. The maximum absolute atomic E-state index is 6.20. The lowest BCUT2D eigenvalue weighted by molar-refractivity contribution is 1.31. The zero-order chi connectivity index (χ0) is 11.2. The number of benzene rings is 2. The maximum atomic E-state index is 6.20. The van der Waals surface area contributed by atoms with Crippen molar-refractivity contribution in [3.05, 3.63) is 71.8 Å². The van der Waals surface area contributed by atoms with Gasteiger partial charge in [-0.1, -0.05) is 60.7 Å². The summed E-state index contributed by atoms with van der Waals surface area (Å²) in [6, 6.07) is 20.9. The molecule has 2 N–H and O–H groups in total. The van der Waals surface area contributed by atoms with Crippen molar-refractivity contribution in [2.45, 2.75) is 12.3 Å². The van der Waals surface area contributed by atoms with Crippen LogP contribution in [-0.4, -0.2) is 0 Å². The van der Waals surface area contributed by atoms with E-state index in [-0.39, 0.29) is 24.8 Å². The van der Waals surface area contributed by atoms with Crippen molar-refractivity contribution in [3.8, 4) is 0 Å². The molecule has 0 bridgehead atoms. The fraction of sp³-hybridized carbons (Fsp3) is 0.143. The fourth-order valence-corrected chi connectivity index (χ4v) is 3.16. The SMILES string of the molecule is Cl.Cl.NP(Cc1ccccc1)Cc1ccccc1. The third-order valence-electron chi connectivity index (χ3n) is 2.46. The normalized spacial score (nSPS) is 9.44. The second-order valence-corrected chi connectivity index (χ2v) is 5.69. The summed E-state index contributed by atoms with van der Waals surface area (Å²) in [6.07, 6.45) is 2.01. The summed E-state index contributed by atoms with van der Waals surface area (Å²) in [6.45, 7) is 0. The minimum Gasteiger partial charge on any atom is -0.309 e. The van der Waals surface area contributed by atoms with E-state index in [2.05, 4.69) is 48.5 Å². The van der Waals surface area contributed by atoms with E-state index in [9.17, 15) is 0 Å². The predicted molar refractivity (Wildman–Crippen MR) is 85.9 cm³/mol. The lowest BCUT2D eigenvalue weighted by Crippen LogP contribution is -1.96. The summed E-state index contributed by atoms with van der Waals surface area (Å²) in [5.74, 6) is 0. The van der Waals surface area contributed by atoms with Crippen molar-refractivity contribution in [2.75, 3.05) is 0 Å². The molecule has 0 atom stereocenters. The van der Waals surface area contributed by atoms with Gasteiger partial charge >= 0.3 is 0 Å². The average molecular weight is 302 g/mol. The van der Waals surface area contributed by atoms with E-state index in [0.29, 0.717) is 0 Å². The Morgan fingerprint density at radius 1 is 0.667 bits per heavy atom. The Balaban J connectivity index is 0.00000144. The molecule has 0 fully saturated rings. The van der Waals surface area contributed by atoms with E-state index in [1.807, 2.05) is 12.1 Å². The first-order valence-corrected chi connectivity index (χ1v) is 7.20. The second kappa shape index (κ2) is 9.35. The molecule has 18 heavy (non-hydrogen) atoms. The Kier molecular flexibility index (Phi) is 9.05. The lowest BCUT2D eigenvalue weighted by atomic mass is 10.2. The molecule has 4 heteroatoms. The zero-order valence-electron chi connectivity index (χ0n) is 10.0. The van der Waals surface area contributed by atoms with Crippen molar-refractivity contribution < 1.29 is 0 Å². The lowest BCUT2D eigenvalue weighted by Gasteiger charge is -2.11. The molecule has 2 aromatic carbocycles. The smallest absolute Gasteiger partial charge is 0.00590 e. The van der Waals surface area contributed by atoms with Gasteiger partial charge in [0, 0.05) is 12.3 Å². The highest BCUT2D eigenvalue weighted by atomic mass is 35.5. The quantitative estimate of drug-likeness (QED) is 0.822. The maximum Gasteiger partial charge on any atom is 0.00590 e. The first kappa shape index (κ1) is 17.4. The first-order valence-electron chi connectivity index (χ1n) is 5.42. The molecule has 0 amide bonds.